The fourth-order valence-corrected chi connectivity index (χ4v) is 2.15. The van der Waals surface area contributed by atoms with Crippen molar-refractivity contribution in [3.63, 3.8) is 0 Å². The second-order valence-corrected chi connectivity index (χ2v) is 4.81. The molecule has 22 heavy (non-hydrogen) atoms. The van der Waals surface area contributed by atoms with Crippen LogP contribution < -0.4 is 20.5 Å². The van der Waals surface area contributed by atoms with Gasteiger partial charge in [-0.25, -0.2) is 0 Å². The van der Waals surface area contributed by atoms with E-state index in [4.69, 9.17) is 19.6 Å². The molecule has 0 saturated carbocycles. The topological polar surface area (TPSA) is 86.7 Å². The van der Waals surface area contributed by atoms with Crippen LogP contribution in [0.4, 0.5) is 0 Å². The van der Waals surface area contributed by atoms with Gasteiger partial charge in [-0.3, -0.25) is 4.79 Å². The fourth-order valence-electron chi connectivity index (χ4n) is 2.15. The molecule has 1 unspecified atom stereocenters. The molecular weight excluding hydrogens is 308 g/mol. The fraction of sp³-hybridized carbons (Fsp3) is 0.267. The summed E-state index contributed by atoms with van der Waals surface area (Å²) in [7, 11) is 0. The average Bonchev–Trinajstić information content (AvgIpc) is 3.15. The molecule has 1 aliphatic heterocycles. The number of benzene rings is 1. The van der Waals surface area contributed by atoms with E-state index >= 15 is 0 Å². The maximum atomic E-state index is 12.1. The van der Waals surface area contributed by atoms with Gasteiger partial charge in [0.1, 0.15) is 12.0 Å². The zero-order chi connectivity index (χ0) is 14.8. The molecule has 2 aromatic rings. The van der Waals surface area contributed by atoms with E-state index in [1.807, 2.05) is 25.1 Å². The van der Waals surface area contributed by atoms with Gasteiger partial charge in [-0.05, 0) is 30.7 Å². The van der Waals surface area contributed by atoms with E-state index in [-0.39, 0.29) is 37.7 Å². The van der Waals surface area contributed by atoms with E-state index in [2.05, 4.69) is 5.32 Å². The number of ether oxygens (including phenoxy) is 2. The maximum Gasteiger partial charge on any atom is 0.255 e. The van der Waals surface area contributed by atoms with Gasteiger partial charge in [-0.15, -0.1) is 12.4 Å². The molecule has 0 spiro atoms. The first-order valence-corrected chi connectivity index (χ1v) is 6.65. The van der Waals surface area contributed by atoms with Gasteiger partial charge in [-0.2, -0.15) is 0 Å². The van der Waals surface area contributed by atoms with E-state index in [1.165, 1.54) is 6.26 Å². The second-order valence-electron chi connectivity index (χ2n) is 4.81. The van der Waals surface area contributed by atoms with Crippen molar-refractivity contribution >= 4 is 18.3 Å². The highest BCUT2D eigenvalue weighted by atomic mass is 35.5. The first-order valence-electron chi connectivity index (χ1n) is 6.65. The predicted octanol–water partition coefficient (Wildman–Crippen LogP) is 2.38. The highest BCUT2D eigenvalue weighted by Gasteiger charge is 2.18. The molecule has 0 saturated heterocycles. The summed E-state index contributed by atoms with van der Waals surface area (Å²) in [6.07, 6.45) is 1.41. The summed E-state index contributed by atoms with van der Waals surface area (Å²) < 4.78 is 15.8. The molecule has 0 aliphatic carbocycles. The number of furan rings is 1. The molecule has 1 aromatic heterocycles. The third kappa shape index (κ3) is 3.18. The quantitative estimate of drug-likeness (QED) is 0.901. The number of halogens is 1. The highest BCUT2D eigenvalue weighted by Crippen LogP contribution is 2.34. The van der Waals surface area contributed by atoms with Crippen LogP contribution >= 0.6 is 12.4 Å². The summed E-state index contributed by atoms with van der Waals surface area (Å²) in [4.78, 5) is 12.1. The molecule has 0 fully saturated rings. The predicted molar refractivity (Wildman–Crippen MR) is 82.3 cm³/mol. The molecular formula is C15H17ClN2O4. The molecule has 1 atom stereocenters. The minimum Gasteiger partial charge on any atom is -0.467 e. The zero-order valence-corrected chi connectivity index (χ0v) is 12.8. The van der Waals surface area contributed by atoms with Crippen LogP contribution in [0, 0.1) is 0 Å². The van der Waals surface area contributed by atoms with Gasteiger partial charge >= 0.3 is 0 Å². The molecule has 7 heteroatoms. The Morgan fingerprint density at radius 1 is 1.32 bits per heavy atom. The van der Waals surface area contributed by atoms with Crippen molar-refractivity contribution in [2.45, 2.75) is 19.5 Å². The lowest BCUT2D eigenvalue weighted by atomic mass is 10.1. The smallest absolute Gasteiger partial charge is 0.255 e. The lowest BCUT2D eigenvalue weighted by Crippen LogP contribution is -2.26. The summed E-state index contributed by atoms with van der Waals surface area (Å²) in [5, 5.41) is 2.90. The average molecular weight is 325 g/mol. The molecule has 1 aliphatic rings. The summed E-state index contributed by atoms with van der Waals surface area (Å²) in [6, 6.07) is 7.09. The van der Waals surface area contributed by atoms with Crippen molar-refractivity contribution in [3.05, 3.63) is 47.4 Å². The number of carbonyl (C=O) groups is 1. The SMILES string of the molecule is CC(NC(=O)c1coc(CN)c1)c1ccc2c(c1)OCO2.Cl. The summed E-state index contributed by atoms with van der Waals surface area (Å²) in [5.41, 5.74) is 6.86. The molecule has 3 N–H and O–H groups in total. The van der Waals surface area contributed by atoms with Gasteiger partial charge in [0.25, 0.3) is 5.91 Å². The van der Waals surface area contributed by atoms with Crippen LogP contribution in [-0.2, 0) is 6.54 Å². The Kier molecular flexibility index (Phi) is 4.95. The van der Waals surface area contributed by atoms with Crippen LogP contribution in [0.25, 0.3) is 0 Å². The van der Waals surface area contributed by atoms with Gasteiger partial charge in [0, 0.05) is 0 Å². The Hall–Kier alpha value is -2.18. The lowest BCUT2D eigenvalue weighted by Gasteiger charge is -2.14. The van der Waals surface area contributed by atoms with Gasteiger partial charge < -0.3 is 24.9 Å². The Morgan fingerprint density at radius 2 is 2.09 bits per heavy atom. The van der Waals surface area contributed by atoms with Crippen LogP contribution in [0.3, 0.4) is 0 Å². The Labute approximate surface area is 134 Å². The molecule has 6 nitrogen and oxygen atoms in total. The van der Waals surface area contributed by atoms with Crippen LogP contribution in [0.1, 0.15) is 34.6 Å². The lowest BCUT2D eigenvalue weighted by molar-refractivity contribution is 0.0939. The standard InChI is InChI=1S/C15H16N2O4.ClH/c1-9(10-2-3-13-14(5-10)21-8-20-13)17-15(18)11-4-12(6-16)19-7-11;/h2-5,7,9H,6,8,16H2,1H3,(H,17,18);1H. The highest BCUT2D eigenvalue weighted by molar-refractivity contribution is 5.94. The van der Waals surface area contributed by atoms with Gasteiger partial charge in [-0.1, -0.05) is 6.07 Å². The molecule has 0 radical (unpaired) electrons. The van der Waals surface area contributed by atoms with Crippen molar-refractivity contribution in [2.75, 3.05) is 6.79 Å². The second kappa shape index (κ2) is 6.72. The Balaban J connectivity index is 0.00000176. The van der Waals surface area contributed by atoms with E-state index in [0.717, 1.165) is 11.3 Å². The maximum absolute atomic E-state index is 12.1. The van der Waals surface area contributed by atoms with Crippen molar-refractivity contribution < 1.29 is 18.7 Å². The number of fused-ring (bicyclic) bond motifs is 1. The summed E-state index contributed by atoms with van der Waals surface area (Å²) >= 11 is 0. The van der Waals surface area contributed by atoms with E-state index in [1.54, 1.807) is 6.07 Å². The molecule has 2 heterocycles. The Bertz CT molecular complexity index is 671. The summed E-state index contributed by atoms with van der Waals surface area (Å²) in [5.74, 6) is 1.79. The third-order valence-electron chi connectivity index (χ3n) is 3.36. The van der Waals surface area contributed by atoms with E-state index in [0.29, 0.717) is 17.1 Å². The molecule has 0 bridgehead atoms. The number of carbonyl (C=O) groups excluding carboxylic acids is 1. The van der Waals surface area contributed by atoms with E-state index < -0.39 is 0 Å². The normalized spacial score (nSPS) is 13.4. The molecule has 3 rings (SSSR count). The number of nitrogens with one attached hydrogen (secondary N) is 1. The van der Waals surface area contributed by atoms with Crippen LogP contribution in [0.15, 0.2) is 34.9 Å². The van der Waals surface area contributed by atoms with Gasteiger partial charge in [0.2, 0.25) is 6.79 Å². The van der Waals surface area contributed by atoms with Crippen molar-refractivity contribution in [3.8, 4) is 11.5 Å². The van der Waals surface area contributed by atoms with E-state index in [9.17, 15) is 4.79 Å². The minimum atomic E-state index is -0.205. The number of rotatable bonds is 4. The first-order chi connectivity index (χ1) is 10.2. The third-order valence-corrected chi connectivity index (χ3v) is 3.36. The number of nitrogens with two attached hydrogens (primary N) is 1. The number of amides is 1. The van der Waals surface area contributed by atoms with Gasteiger partial charge in [0.05, 0.1) is 18.2 Å². The molecule has 118 valence electrons. The van der Waals surface area contributed by atoms with Crippen molar-refractivity contribution in [2.24, 2.45) is 5.73 Å². The Morgan fingerprint density at radius 3 is 2.82 bits per heavy atom. The largest absolute Gasteiger partial charge is 0.467 e. The van der Waals surface area contributed by atoms with Crippen LogP contribution in [0.2, 0.25) is 0 Å². The zero-order valence-electron chi connectivity index (χ0n) is 12.0. The number of hydrogen-bond acceptors (Lipinski definition) is 5. The summed E-state index contributed by atoms with van der Waals surface area (Å²) in [6.45, 7) is 2.40. The number of hydrogen-bond donors (Lipinski definition) is 2. The van der Waals surface area contributed by atoms with Crippen LogP contribution in [-0.4, -0.2) is 12.7 Å². The molecule has 1 amide bonds. The van der Waals surface area contributed by atoms with Gasteiger partial charge in [0.15, 0.2) is 11.5 Å². The molecule has 1 aromatic carbocycles. The van der Waals surface area contributed by atoms with Crippen molar-refractivity contribution in [1.82, 2.24) is 5.32 Å². The van der Waals surface area contributed by atoms with Crippen molar-refractivity contribution in [1.29, 1.82) is 0 Å². The minimum absolute atomic E-state index is 0. The monoisotopic (exact) mass is 324 g/mol. The van der Waals surface area contributed by atoms with Crippen LogP contribution in [0.5, 0.6) is 11.5 Å². The first kappa shape index (κ1) is 16.2.